The van der Waals surface area contributed by atoms with Crippen molar-refractivity contribution in [3.05, 3.63) is 41.8 Å². The maximum atomic E-state index is 13.6. The lowest BCUT2D eigenvalue weighted by molar-refractivity contribution is 0.0766. The van der Waals surface area contributed by atoms with Crippen molar-refractivity contribution >= 4 is 16.8 Å². The SMILES string of the molecule is O=C(c1cnc2c(F)cccc2c1)N1CCCNCC1. The summed E-state index contributed by atoms with van der Waals surface area (Å²) in [6, 6.07) is 6.49. The first-order valence-corrected chi connectivity index (χ1v) is 6.80. The molecular weight excluding hydrogens is 257 g/mol. The van der Waals surface area contributed by atoms with Gasteiger partial charge in [-0.15, -0.1) is 0 Å². The van der Waals surface area contributed by atoms with E-state index < -0.39 is 0 Å². The van der Waals surface area contributed by atoms with Crippen LogP contribution >= 0.6 is 0 Å². The minimum absolute atomic E-state index is 0.0349. The number of hydrogen-bond acceptors (Lipinski definition) is 3. The highest BCUT2D eigenvalue weighted by Gasteiger charge is 2.18. The van der Waals surface area contributed by atoms with Crippen LogP contribution in [0.4, 0.5) is 4.39 Å². The molecule has 1 aromatic carbocycles. The molecule has 3 rings (SSSR count). The molecule has 0 unspecified atom stereocenters. The molecule has 1 amide bonds. The van der Waals surface area contributed by atoms with E-state index in [-0.39, 0.29) is 11.7 Å². The lowest BCUT2D eigenvalue weighted by Gasteiger charge is -2.19. The van der Waals surface area contributed by atoms with Gasteiger partial charge in [-0.2, -0.15) is 0 Å². The normalized spacial score (nSPS) is 16.1. The van der Waals surface area contributed by atoms with Crippen molar-refractivity contribution in [1.29, 1.82) is 0 Å². The minimum Gasteiger partial charge on any atom is -0.337 e. The highest BCUT2D eigenvalue weighted by molar-refractivity contribution is 5.97. The van der Waals surface area contributed by atoms with Crippen molar-refractivity contribution < 1.29 is 9.18 Å². The average molecular weight is 273 g/mol. The number of carbonyl (C=O) groups excluding carboxylic acids is 1. The quantitative estimate of drug-likeness (QED) is 0.862. The van der Waals surface area contributed by atoms with E-state index in [0.29, 0.717) is 23.0 Å². The predicted molar refractivity (Wildman–Crippen MR) is 75.1 cm³/mol. The van der Waals surface area contributed by atoms with E-state index in [9.17, 15) is 9.18 Å². The van der Waals surface area contributed by atoms with E-state index in [2.05, 4.69) is 10.3 Å². The molecular formula is C15H16FN3O. The Kier molecular flexibility index (Phi) is 3.60. The van der Waals surface area contributed by atoms with Crippen LogP contribution in [0.3, 0.4) is 0 Å². The van der Waals surface area contributed by atoms with Crippen molar-refractivity contribution in [1.82, 2.24) is 15.2 Å². The number of carbonyl (C=O) groups is 1. The van der Waals surface area contributed by atoms with Gasteiger partial charge in [-0.1, -0.05) is 12.1 Å². The Morgan fingerprint density at radius 1 is 1.30 bits per heavy atom. The number of pyridine rings is 1. The number of nitrogens with zero attached hydrogens (tertiary/aromatic N) is 2. The van der Waals surface area contributed by atoms with Gasteiger partial charge in [0.25, 0.3) is 5.91 Å². The third-order valence-corrected chi connectivity index (χ3v) is 3.54. The van der Waals surface area contributed by atoms with Gasteiger partial charge in [0, 0.05) is 31.2 Å². The second kappa shape index (κ2) is 5.54. The van der Waals surface area contributed by atoms with E-state index in [1.165, 1.54) is 12.3 Å². The van der Waals surface area contributed by atoms with Gasteiger partial charge in [-0.05, 0) is 25.1 Å². The predicted octanol–water partition coefficient (Wildman–Crippen LogP) is 1.81. The van der Waals surface area contributed by atoms with Gasteiger partial charge in [0.05, 0.1) is 5.56 Å². The molecule has 2 heterocycles. The largest absolute Gasteiger partial charge is 0.337 e. The van der Waals surface area contributed by atoms with Gasteiger partial charge in [0.2, 0.25) is 0 Å². The van der Waals surface area contributed by atoms with Crippen molar-refractivity contribution in [2.75, 3.05) is 26.2 Å². The van der Waals surface area contributed by atoms with E-state index in [0.717, 1.165) is 26.1 Å². The van der Waals surface area contributed by atoms with Gasteiger partial charge in [-0.25, -0.2) is 4.39 Å². The number of para-hydroxylation sites is 1. The fraction of sp³-hybridized carbons (Fsp3) is 0.333. The molecule has 20 heavy (non-hydrogen) atoms. The number of hydrogen-bond donors (Lipinski definition) is 1. The highest BCUT2D eigenvalue weighted by atomic mass is 19.1. The number of halogens is 1. The topological polar surface area (TPSA) is 45.2 Å². The van der Waals surface area contributed by atoms with Crippen LogP contribution in [0.1, 0.15) is 16.8 Å². The van der Waals surface area contributed by atoms with Crippen LogP contribution in [0, 0.1) is 5.82 Å². The van der Waals surface area contributed by atoms with Crippen LogP contribution in [-0.4, -0.2) is 42.0 Å². The number of fused-ring (bicyclic) bond motifs is 1. The second-order valence-electron chi connectivity index (χ2n) is 4.93. The Balaban J connectivity index is 1.91. The Morgan fingerprint density at radius 2 is 2.20 bits per heavy atom. The zero-order chi connectivity index (χ0) is 13.9. The summed E-state index contributed by atoms with van der Waals surface area (Å²) in [6.45, 7) is 3.18. The Labute approximate surface area is 116 Å². The molecule has 0 bridgehead atoms. The zero-order valence-electron chi connectivity index (χ0n) is 11.1. The minimum atomic E-state index is -0.361. The molecule has 1 saturated heterocycles. The van der Waals surface area contributed by atoms with Crippen LogP contribution < -0.4 is 5.32 Å². The first-order valence-electron chi connectivity index (χ1n) is 6.80. The molecule has 5 heteroatoms. The van der Waals surface area contributed by atoms with Crippen molar-refractivity contribution in [2.45, 2.75) is 6.42 Å². The summed E-state index contributed by atoms with van der Waals surface area (Å²) in [5.74, 6) is -0.396. The van der Waals surface area contributed by atoms with E-state index >= 15 is 0 Å². The van der Waals surface area contributed by atoms with Crippen LogP contribution in [-0.2, 0) is 0 Å². The van der Waals surface area contributed by atoms with Gasteiger partial charge >= 0.3 is 0 Å². The summed E-state index contributed by atoms with van der Waals surface area (Å²) < 4.78 is 13.6. The molecule has 2 aromatic rings. The summed E-state index contributed by atoms with van der Waals surface area (Å²) >= 11 is 0. The van der Waals surface area contributed by atoms with Crippen molar-refractivity contribution in [2.24, 2.45) is 0 Å². The molecule has 1 aromatic heterocycles. The molecule has 1 aliphatic rings. The number of amides is 1. The summed E-state index contributed by atoms with van der Waals surface area (Å²) in [5.41, 5.74) is 0.826. The summed E-state index contributed by atoms with van der Waals surface area (Å²) in [7, 11) is 0. The molecule has 0 atom stereocenters. The first-order chi connectivity index (χ1) is 9.75. The van der Waals surface area contributed by atoms with Gasteiger partial charge in [0.1, 0.15) is 11.3 Å². The fourth-order valence-electron chi connectivity index (χ4n) is 2.47. The molecule has 0 radical (unpaired) electrons. The fourth-order valence-corrected chi connectivity index (χ4v) is 2.47. The standard InChI is InChI=1S/C15H16FN3O/c16-13-4-1-3-11-9-12(10-18-14(11)13)15(20)19-7-2-5-17-6-8-19/h1,3-4,9-10,17H,2,5-8H2. The molecule has 1 fully saturated rings. The smallest absolute Gasteiger partial charge is 0.255 e. The number of rotatable bonds is 1. The Bertz CT molecular complexity index is 636. The van der Waals surface area contributed by atoms with E-state index in [1.54, 1.807) is 18.2 Å². The van der Waals surface area contributed by atoms with Gasteiger partial charge in [0.15, 0.2) is 0 Å². The van der Waals surface area contributed by atoms with Gasteiger partial charge in [-0.3, -0.25) is 9.78 Å². The molecule has 1 N–H and O–H groups in total. The van der Waals surface area contributed by atoms with Gasteiger partial charge < -0.3 is 10.2 Å². The molecule has 0 saturated carbocycles. The molecule has 0 aliphatic carbocycles. The summed E-state index contributed by atoms with van der Waals surface area (Å²) in [5, 5.41) is 3.92. The third-order valence-electron chi connectivity index (χ3n) is 3.54. The summed E-state index contributed by atoms with van der Waals surface area (Å²) in [4.78, 5) is 18.3. The Morgan fingerprint density at radius 3 is 3.10 bits per heavy atom. The van der Waals surface area contributed by atoms with Crippen LogP contribution in [0.15, 0.2) is 30.5 Å². The van der Waals surface area contributed by atoms with Crippen LogP contribution in [0.2, 0.25) is 0 Å². The van der Waals surface area contributed by atoms with Crippen molar-refractivity contribution in [3.8, 4) is 0 Å². The maximum absolute atomic E-state index is 13.6. The second-order valence-corrected chi connectivity index (χ2v) is 4.93. The van der Waals surface area contributed by atoms with E-state index in [1.807, 2.05) is 4.90 Å². The lowest BCUT2D eigenvalue weighted by atomic mass is 10.1. The highest BCUT2D eigenvalue weighted by Crippen LogP contribution is 2.17. The maximum Gasteiger partial charge on any atom is 0.255 e. The molecule has 104 valence electrons. The summed E-state index contributed by atoms with van der Waals surface area (Å²) in [6.07, 6.45) is 2.41. The lowest BCUT2D eigenvalue weighted by Crippen LogP contribution is -2.34. The number of benzene rings is 1. The number of aromatic nitrogens is 1. The van der Waals surface area contributed by atoms with Crippen molar-refractivity contribution in [3.63, 3.8) is 0 Å². The molecule has 0 spiro atoms. The first kappa shape index (κ1) is 13.0. The zero-order valence-corrected chi connectivity index (χ0v) is 11.1. The molecule has 4 nitrogen and oxygen atoms in total. The number of nitrogens with one attached hydrogen (secondary N) is 1. The van der Waals surface area contributed by atoms with Crippen LogP contribution in [0.25, 0.3) is 10.9 Å². The van der Waals surface area contributed by atoms with E-state index in [4.69, 9.17) is 0 Å². The molecule has 1 aliphatic heterocycles. The van der Waals surface area contributed by atoms with Crippen LogP contribution in [0.5, 0.6) is 0 Å². The Hall–Kier alpha value is -2.01. The monoisotopic (exact) mass is 273 g/mol. The third kappa shape index (κ3) is 2.49. The average Bonchev–Trinajstić information content (AvgIpc) is 2.75.